The Hall–Kier alpha value is -1.90. The first-order valence-corrected chi connectivity index (χ1v) is 4.99. The first-order chi connectivity index (χ1) is 7.43. The van der Waals surface area contributed by atoms with E-state index in [-0.39, 0.29) is 0 Å². The van der Waals surface area contributed by atoms with Crippen LogP contribution in [0.1, 0.15) is 11.4 Å². The summed E-state index contributed by atoms with van der Waals surface area (Å²) in [4.78, 5) is 8.62. The lowest BCUT2D eigenvalue weighted by molar-refractivity contribution is 0.474. The van der Waals surface area contributed by atoms with Crippen molar-refractivity contribution in [1.29, 1.82) is 0 Å². The Bertz CT molecular complexity index is 451. The van der Waals surface area contributed by atoms with E-state index >= 15 is 0 Å². The fraction of sp³-hybridized carbons (Fsp3) is 0.167. The summed E-state index contributed by atoms with van der Waals surface area (Å²) in [5, 5.41) is 0. The molecule has 15 heavy (non-hydrogen) atoms. The van der Waals surface area contributed by atoms with Crippen molar-refractivity contribution >= 4 is 0 Å². The minimum absolute atomic E-state index is 0.851. The highest BCUT2D eigenvalue weighted by Gasteiger charge is 2.15. The second-order valence-electron chi connectivity index (χ2n) is 3.50. The van der Waals surface area contributed by atoms with Crippen molar-refractivity contribution in [1.82, 2.24) is 9.97 Å². The third-order valence-corrected chi connectivity index (χ3v) is 2.52. The predicted octanol–water partition coefficient (Wildman–Crippen LogP) is 2.37. The Balaban J connectivity index is 2.10. The number of fused-ring (bicyclic) bond motifs is 2. The summed E-state index contributed by atoms with van der Waals surface area (Å²) in [5.41, 5.74) is 2.02. The number of rotatable bonds is 0. The van der Waals surface area contributed by atoms with Crippen molar-refractivity contribution in [2.45, 2.75) is 12.8 Å². The Kier molecular flexibility index (Phi) is 1.88. The van der Waals surface area contributed by atoms with Crippen molar-refractivity contribution in [3.05, 3.63) is 48.0 Å². The van der Waals surface area contributed by atoms with Crippen molar-refractivity contribution in [2.75, 3.05) is 0 Å². The van der Waals surface area contributed by atoms with Gasteiger partial charge in [-0.25, -0.2) is 0 Å². The van der Waals surface area contributed by atoms with Gasteiger partial charge in [0.2, 0.25) is 0 Å². The minimum atomic E-state index is 0.851. The van der Waals surface area contributed by atoms with Crippen LogP contribution in [0.4, 0.5) is 0 Å². The normalized spacial score (nSPS) is 13.3. The predicted molar refractivity (Wildman–Crippen MR) is 56.0 cm³/mol. The summed E-state index contributed by atoms with van der Waals surface area (Å²) in [6, 6.07) is 7.68. The van der Waals surface area contributed by atoms with Gasteiger partial charge in [0.05, 0.1) is 11.4 Å². The van der Waals surface area contributed by atoms with Crippen LogP contribution in [0.15, 0.2) is 36.7 Å². The van der Waals surface area contributed by atoms with Gasteiger partial charge in [0.1, 0.15) is 11.5 Å². The lowest BCUT2D eigenvalue weighted by atomic mass is 10.1. The zero-order valence-electron chi connectivity index (χ0n) is 8.18. The number of hydrogen-bond acceptors (Lipinski definition) is 3. The Morgan fingerprint density at radius 3 is 1.93 bits per heavy atom. The lowest BCUT2D eigenvalue weighted by Gasteiger charge is -2.06. The molecule has 3 nitrogen and oxygen atoms in total. The maximum atomic E-state index is 5.78. The number of aromatic nitrogens is 2. The van der Waals surface area contributed by atoms with Gasteiger partial charge in [-0.15, -0.1) is 0 Å². The molecule has 0 amide bonds. The third-order valence-electron chi connectivity index (χ3n) is 2.52. The molecule has 0 aromatic carbocycles. The number of aryl methyl sites for hydroxylation is 2. The molecule has 0 N–H and O–H groups in total. The van der Waals surface area contributed by atoms with Crippen LogP contribution < -0.4 is 4.74 Å². The van der Waals surface area contributed by atoms with Crippen LogP contribution in [-0.2, 0) is 12.8 Å². The second kappa shape index (κ2) is 3.35. The standard InChI is InChI=1S/C12H10N2O/c1-3-11-9(13-7-1)5-6-10-12(15-11)4-2-8-14-10/h1-4,7-8H,5-6H2. The molecule has 0 fully saturated rings. The molecule has 0 saturated heterocycles. The lowest BCUT2D eigenvalue weighted by Crippen LogP contribution is -1.92. The fourth-order valence-corrected chi connectivity index (χ4v) is 1.76. The second-order valence-corrected chi connectivity index (χ2v) is 3.50. The highest BCUT2D eigenvalue weighted by Crippen LogP contribution is 2.30. The molecule has 1 aliphatic heterocycles. The highest BCUT2D eigenvalue weighted by molar-refractivity contribution is 5.39. The number of ether oxygens (including phenoxy) is 1. The van der Waals surface area contributed by atoms with Crippen LogP contribution in [0, 0.1) is 0 Å². The maximum absolute atomic E-state index is 5.78. The quantitative estimate of drug-likeness (QED) is 0.651. The minimum Gasteiger partial charge on any atom is -0.454 e. The molecule has 2 aromatic rings. The van der Waals surface area contributed by atoms with E-state index in [9.17, 15) is 0 Å². The van der Waals surface area contributed by atoms with Gasteiger partial charge in [0.15, 0.2) is 0 Å². The highest BCUT2D eigenvalue weighted by atomic mass is 16.5. The van der Waals surface area contributed by atoms with Gasteiger partial charge < -0.3 is 4.74 Å². The third kappa shape index (κ3) is 1.46. The van der Waals surface area contributed by atoms with E-state index in [0.29, 0.717) is 0 Å². The molecule has 0 atom stereocenters. The topological polar surface area (TPSA) is 35.0 Å². The molecule has 3 rings (SSSR count). The van der Waals surface area contributed by atoms with Crippen molar-refractivity contribution in [3.8, 4) is 11.5 Å². The van der Waals surface area contributed by atoms with Crippen molar-refractivity contribution < 1.29 is 4.74 Å². The molecule has 3 heteroatoms. The average Bonchev–Trinajstić information content (AvgIpc) is 2.48. The van der Waals surface area contributed by atoms with Crippen LogP contribution in [0.25, 0.3) is 0 Å². The molecule has 0 spiro atoms. The van der Waals surface area contributed by atoms with Crippen LogP contribution in [0.5, 0.6) is 11.5 Å². The summed E-state index contributed by atoms with van der Waals surface area (Å²) < 4.78 is 5.78. The molecule has 0 radical (unpaired) electrons. The molecule has 74 valence electrons. The largest absolute Gasteiger partial charge is 0.454 e. The van der Waals surface area contributed by atoms with Gasteiger partial charge in [-0.2, -0.15) is 0 Å². The Labute approximate surface area is 87.8 Å². The van der Waals surface area contributed by atoms with Crippen LogP contribution in [0.3, 0.4) is 0 Å². The van der Waals surface area contributed by atoms with Gasteiger partial charge in [-0.1, -0.05) is 0 Å². The molecule has 0 saturated carbocycles. The molecule has 0 bridgehead atoms. The summed E-state index contributed by atoms with van der Waals surface area (Å²) in [6.07, 6.45) is 5.37. The van der Waals surface area contributed by atoms with Gasteiger partial charge >= 0.3 is 0 Å². The molecule has 1 aliphatic rings. The first-order valence-electron chi connectivity index (χ1n) is 4.99. The van der Waals surface area contributed by atoms with Crippen LogP contribution >= 0.6 is 0 Å². The molecular formula is C12H10N2O. The number of pyridine rings is 2. The smallest absolute Gasteiger partial charge is 0.149 e. The van der Waals surface area contributed by atoms with Gasteiger partial charge in [0, 0.05) is 12.4 Å². The van der Waals surface area contributed by atoms with E-state index in [1.54, 1.807) is 12.4 Å². The fourth-order valence-electron chi connectivity index (χ4n) is 1.76. The maximum Gasteiger partial charge on any atom is 0.149 e. The monoisotopic (exact) mass is 198 g/mol. The van der Waals surface area contributed by atoms with E-state index in [0.717, 1.165) is 35.7 Å². The van der Waals surface area contributed by atoms with Crippen molar-refractivity contribution in [3.63, 3.8) is 0 Å². The Morgan fingerprint density at radius 1 is 0.867 bits per heavy atom. The van der Waals surface area contributed by atoms with Crippen LogP contribution in [-0.4, -0.2) is 9.97 Å². The summed E-state index contributed by atoms with van der Waals surface area (Å²) in [6.45, 7) is 0. The van der Waals surface area contributed by atoms with Gasteiger partial charge in [-0.3, -0.25) is 9.97 Å². The SMILES string of the molecule is c1cnc2c(c1)Oc1cccnc1CC2. The van der Waals surface area contributed by atoms with Crippen molar-refractivity contribution in [2.24, 2.45) is 0 Å². The molecule has 3 heterocycles. The van der Waals surface area contributed by atoms with Gasteiger partial charge in [0.25, 0.3) is 0 Å². The van der Waals surface area contributed by atoms with Gasteiger partial charge in [-0.05, 0) is 37.1 Å². The van der Waals surface area contributed by atoms with Crippen LogP contribution in [0.2, 0.25) is 0 Å². The zero-order chi connectivity index (χ0) is 10.1. The Morgan fingerprint density at radius 2 is 1.40 bits per heavy atom. The number of nitrogens with zero attached hydrogens (tertiary/aromatic N) is 2. The molecular weight excluding hydrogens is 188 g/mol. The summed E-state index contributed by atoms with van der Waals surface area (Å²) >= 11 is 0. The van der Waals surface area contributed by atoms with E-state index in [4.69, 9.17) is 4.74 Å². The number of hydrogen-bond donors (Lipinski definition) is 0. The zero-order valence-corrected chi connectivity index (χ0v) is 8.18. The summed E-state index contributed by atoms with van der Waals surface area (Å²) in [5.74, 6) is 1.70. The molecule has 0 aliphatic carbocycles. The average molecular weight is 198 g/mol. The van der Waals surface area contributed by atoms with E-state index in [2.05, 4.69) is 9.97 Å². The van der Waals surface area contributed by atoms with E-state index in [1.165, 1.54) is 0 Å². The van der Waals surface area contributed by atoms with E-state index in [1.807, 2.05) is 24.3 Å². The summed E-state index contributed by atoms with van der Waals surface area (Å²) in [7, 11) is 0. The molecule has 0 unspecified atom stereocenters. The first kappa shape index (κ1) is 8.41. The molecule has 2 aromatic heterocycles. The van der Waals surface area contributed by atoms with E-state index < -0.39 is 0 Å².